The Kier molecular flexibility index (Phi) is 3.48. The van der Waals surface area contributed by atoms with Crippen molar-refractivity contribution in [2.75, 3.05) is 0 Å². The molecule has 3 heteroatoms. The Bertz CT molecular complexity index is 757. The van der Waals surface area contributed by atoms with Crippen LogP contribution in [-0.4, -0.2) is 14.9 Å². The van der Waals surface area contributed by atoms with E-state index in [9.17, 15) is 5.11 Å². The van der Waals surface area contributed by atoms with Crippen molar-refractivity contribution in [3.8, 4) is 16.9 Å². The summed E-state index contributed by atoms with van der Waals surface area (Å²) >= 11 is 0. The molecule has 0 spiro atoms. The molecule has 0 saturated carbocycles. The van der Waals surface area contributed by atoms with Gasteiger partial charge in [-0.15, -0.1) is 0 Å². The van der Waals surface area contributed by atoms with Crippen LogP contribution in [0.25, 0.3) is 11.1 Å². The first kappa shape index (κ1) is 13.4. The number of nitrogens with zero attached hydrogens (tertiary/aromatic N) is 2. The Labute approximate surface area is 124 Å². The highest BCUT2D eigenvalue weighted by atomic mass is 16.3. The molecule has 0 aliphatic carbocycles. The van der Waals surface area contributed by atoms with E-state index in [1.807, 2.05) is 48.3 Å². The van der Waals surface area contributed by atoms with Crippen LogP contribution in [0.15, 0.2) is 54.7 Å². The minimum absolute atomic E-state index is 0.271. The van der Waals surface area contributed by atoms with Gasteiger partial charge in [-0.2, -0.15) is 5.10 Å². The molecule has 3 aromatic rings. The molecular weight excluding hydrogens is 260 g/mol. The third kappa shape index (κ3) is 2.68. The van der Waals surface area contributed by atoms with Gasteiger partial charge in [-0.3, -0.25) is 4.68 Å². The van der Waals surface area contributed by atoms with Gasteiger partial charge in [0.25, 0.3) is 0 Å². The minimum Gasteiger partial charge on any atom is -0.508 e. The summed E-state index contributed by atoms with van der Waals surface area (Å²) in [4.78, 5) is 0. The Morgan fingerprint density at radius 2 is 1.81 bits per heavy atom. The largest absolute Gasteiger partial charge is 0.508 e. The van der Waals surface area contributed by atoms with Crippen LogP contribution < -0.4 is 0 Å². The second kappa shape index (κ2) is 5.44. The van der Waals surface area contributed by atoms with Gasteiger partial charge in [0.15, 0.2) is 0 Å². The fraction of sp³-hybridized carbons (Fsp3) is 0.111. The molecule has 3 nitrogen and oxygen atoms in total. The lowest BCUT2D eigenvalue weighted by molar-refractivity contribution is 0.475. The maximum Gasteiger partial charge on any atom is 0.115 e. The predicted octanol–water partition coefficient (Wildman–Crippen LogP) is 3.57. The summed E-state index contributed by atoms with van der Waals surface area (Å²) in [7, 11) is 1.95. The monoisotopic (exact) mass is 277 g/mol. The Morgan fingerprint density at radius 1 is 1.10 bits per heavy atom. The summed E-state index contributed by atoms with van der Waals surface area (Å²) in [5, 5.41) is 13.8. The smallest absolute Gasteiger partial charge is 0.115 e. The summed E-state index contributed by atoms with van der Waals surface area (Å²) in [6.07, 6.45) is 2.65. The minimum atomic E-state index is 0.271. The topological polar surface area (TPSA) is 38.1 Å². The Morgan fingerprint density at radius 3 is 2.52 bits per heavy atom. The second-order valence-corrected chi connectivity index (χ2v) is 5.12. The van der Waals surface area contributed by atoms with Crippen molar-refractivity contribution in [3.05, 3.63) is 78.5 Å². The van der Waals surface area contributed by atoms with E-state index in [0.717, 1.165) is 28.8 Å². The number of aromatic hydroxyl groups is 1. The van der Waals surface area contributed by atoms with E-state index in [0.29, 0.717) is 0 Å². The lowest BCUT2D eigenvalue weighted by Crippen LogP contribution is -2.01. The number of phenols is 1. The van der Waals surface area contributed by atoms with Gasteiger partial charge in [-0.25, -0.2) is 0 Å². The average molecular weight is 277 g/mol. The van der Waals surface area contributed by atoms with Crippen molar-refractivity contribution in [2.45, 2.75) is 6.42 Å². The molecule has 3 rings (SSSR count). The highest BCUT2D eigenvalue weighted by Crippen LogP contribution is 2.27. The quantitative estimate of drug-likeness (QED) is 0.795. The molecule has 0 aliphatic heterocycles. The van der Waals surface area contributed by atoms with Crippen LogP contribution in [0, 0.1) is 6.92 Å². The van der Waals surface area contributed by atoms with E-state index >= 15 is 0 Å². The molecule has 1 aromatic heterocycles. The summed E-state index contributed by atoms with van der Waals surface area (Å²) < 4.78 is 1.90. The molecule has 21 heavy (non-hydrogen) atoms. The predicted molar refractivity (Wildman–Crippen MR) is 84.0 cm³/mol. The lowest BCUT2D eigenvalue weighted by atomic mass is 9.99. The van der Waals surface area contributed by atoms with Gasteiger partial charge in [-0.1, -0.05) is 36.4 Å². The van der Waals surface area contributed by atoms with Crippen LogP contribution in [0.3, 0.4) is 0 Å². The number of rotatable bonds is 3. The van der Waals surface area contributed by atoms with E-state index < -0.39 is 0 Å². The molecule has 1 N–H and O–H groups in total. The van der Waals surface area contributed by atoms with Crippen LogP contribution in [0.5, 0.6) is 5.75 Å². The molecule has 2 aromatic carbocycles. The SMILES string of the molecule is [CH2]c1ccccc1Cc1c(-c2ccc(O)cc2)cnn1C. The van der Waals surface area contributed by atoms with E-state index in [-0.39, 0.29) is 5.75 Å². The third-order valence-corrected chi connectivity index (χ3v) is 3.72. The summed E-state index contributed by atoms with van der Waals surface area (Å²) in [6, 6.07) is 15.3. The summed E-state index contributed by atoms with van der Waals surface area (Å²) in [6.45, 7) is 4.08. The van der Waals surface area contributed by atoms with Crippen molar-refractivity contribution in [1.29, 1.82) is 0 Å². The molecule has 0 atom stereocenters. The van der Waals surface area contributed by atoms with Crippen molar-refractivity contribution >= 4 is 0 Å². The van der Waals surface area contributed by atoms with Crippen molar-refractivity contribution in [3.63, 3.8) is 0 Å². The average Bonchev–Trinajstić information content (AvgIpc) is 2.84. The summed E-state index contributed by atoms with van der Waals surface area (Å²) in [5.41, 5.74) is 5.51. The standard InChI is InChI=1S/C18H17N2O/c1-13-5-3-4-6-15(13)11-18-17(12-19-20(18)2)14-7-9-16(21)10-8-14/h3-10,12,21H,1,11H2,2H3. The van der Waals surface area contributed by atoms with E-state index in [1.54, 1.807) is 12.1 Å². The third-order valence-electron chi connectivity index (χ3n) is 3.72. The number of aryl methyl sites for hydroxylation is 1. The van der Waals surface area contributed by atoms with Crippen molar-refractivity contribution in [2.24, 2.45) is 7.05 Å². The van der Waals surface area contributed by atoms with Crippen molar-refractivity contribution in [1.82, 2.24) is 9.78 Å². The van der Waals surface area contributed by atoms with Crippen LogP contribution in [0.4, 0.5) is 0 Å². The fourth-order valence-electron chi connectivity index (χ4n) is 2.46. The first-order chi connectivity index (χ1) is 10.1. The number of aromatic nitrogens is 2. The lowest BCUT2D eigenvalue weighted by Gasteiger charge is -2.09. The molecule has 0 fully saturated rings. The van der Waals surface area contributed by atoms with Crippen molar-refractivity contribution < 1.29 is 5.11 Å². The zero-order valence-electron chi connectivity index (χ0n) is 12.0. The molecule has 1 heterocycles. The van der Waals surface area contributed by atoms with Gasteiger partial charge < -0.3 is 5.11 Å². The van der Waals surface area contributed by atoms with E-state index in [1.165, 1.54) is 5.56 Å². The zero-order valence-corrected chi connectivity index (χ0v) is 12.0. The number of phenolic OH excluding ortho intramolecular Hbond substituents is 1. The maximum atomic E-state index is 9.42. The molecule has 1 radical (unpaired) electrons. The zero-order chi connectivity index (χ0) is 14.8. The molecular formula is C18H17N2O. The molecule has 0 unspecified atom stereocenters. The van der Waals surface area contributed by atoms with Crippen LogP contribution in [-0.2, 0) is 13.5 Å². The summed E-state index contributed by atoms with van der Waals surface area (Å²) in [5.74, 6) is 0.271. The highest BCUT2D eigenvalue weighted by Gasteiger charge is 2.12. The molecule has 105 valence electrons. The Balaban J connectivity index is 2.01. The van der Waals surface area contributed by atoms with E-state index in [2.05, 4.69) is 18.1 Å². The maximum absolute atomic E-state index is 9.42. The molecule has 0 saturated heterocycles. The molecule has 0 amide bonds. The second-order valence-electron chi connectivity index (χ2n) is 5.12. The number of hydrogen-bond acceptors (Lipinski definition) is 2. The first-order valence-corrected chi connectivity index (χ1v) is 6.85. The molecule has 0 aliphatic rings. The van der Waals surface area contributed by atoms with Crippen LogP contribution in [0.2, 0.25) is 0 Å². The first-order valence-electron chi connectivity index (χ1n) is 6.85. The van der Waals surface area contributed by atoms with Gasteiger partial charge in [0, 0.05) is 19.0 Å². The Hall–Kier alpha value is -2.55. The highest BCUT2D eigenvalue weighted by molar-refractivity contribution is 5.66. The van der Waals surface area contributed by atoms with Crippen LogP contribution >= 0.6 is 0 Å². The molecule has 0 bridgehead atoms. The van der Waals surface area contributed by atoms with Gasteiger partial charge in [0.05, 0.1) is 11.9 Å². The van der Waals surface area contributed by atoms with Crippen LogP contribution in [0.1, 0.15) is 16.8 Å². The number of benzene rings is 2. The van der Waals surface area contributed by atoms with E-state index in [4.69, 9.17) is 0 Å². The van der Waals surface area contributed by atoms with Gasteiger partial charge in [0.2, 0.25) is 0 Å². The normalized spacial score (nSPS) is 10.8. The van der Waals surface area contributed by atoms with Gasteiger partial charge in [0.1, 0.15) is 5.75 Å². The van der Waals surface area contributed by atoms with Gasteiger partial charge in [-0.05, 0) is 35.7 Å². The fourth-order valence-corrected chi connectivity index (χ4v) is 2.46. The number of hydrogen-bond donors (Lipinski definition) is 1. The van der Waals surface area contributed by atoms with Gasteiger partial charge >= 0.3 is 0 Å².